The largest absolute Gasteiger partial charge is 0.384 e. The lowest BCUT2D eigenvalue weighted by molar-refractivity contribution is -0.118. The van der Waals surface area contributed by atoms with Crippen molar-refractivity contribution < 1.29 is 14.3 Å². The SMILES string of the molecule is CCC(=O)N(C)c1cc(C(=O)CC(C)COC)cc(-c2ccc(C)cc2)c1. The Morgan fingerprint density at radius 1 is 1.07 bits per heavy atom. The zero-order chi connectivity index (χ0) is 20.0. The minimum atomic E-state index is 0.0159. The van der Waals surface area contributed by atoms with Crippen LogP contribution in [0.3, 0.4) is 0 Å². The zero-order valence-electron chi connectivity index (χ0n) is 16.9. The second-order valence-electron chi connectivity index (χ2n) is 7.13. The number of Topliss-reactive ketones (excluding diaryl/α,β-unsaturated/α-hetero) is 1. The summed E-state index contributed by atoms with van der Waals surface area (Å²) in [7, 11) is 3.39. The quantitative estimate of drug-likeness (QED) is 0.624. The molecule has 1 unspecified atom stereocenters. The van der Waals surface area contributed by atoms with Crippen molar-refractivity contribution in [2.45, 2.75) is 33.6 Å². The lowest BCUT2D eigenvalue weighted by Crippen LogP contribution is -2.25. The third-order valence-electron chi connectivity index (χ3n) is 4.67. The highest BCUT2D eigenvalue weighted by atomic mass is 16.5. The number of anilines is 1. The topological polar surface area (TPSA) is 46.6 Å². The molecule has 0 spiro atoms. The molecule has 1 amide bonds. The molecule has 0 N–H and O–H groups in total. The van der Waals surface area contributed by atoms with Gasteiger partial charge in [-0.05, 0) is 42.2 Å². The molecule has 0 radical (unpaired) electrons. The molecule has 4 nitrogen and oxygen atoms in total. The molecule has 0 saturated heterocycles. The number of ether oxygens (including phenoxy) is 1. The molecular formula is C23H29NO3. The van der Waals surface area contributed by atoms with E-state index in [0.717, 1.165) is 16.8 Å². The summed E-state index contributed by atoms with van der Waals surface area (Å²) in [5.41, 5.74) is 4.51. The van der Waals surface area contributed by atoms with E-state index in [1.165, 1.54) is 5.56 Å². The van der Waals surface area contributed by atoms with Gasteiger partial charge in [0.15, 0.2) is 5.78 Å². The number of hydrogen-bond acceptors (Lipinski definition) is 3. The Hall–Kier alpha value is -2.46. The van der Waals surface area contributed by atoms with Gasteiger partial charge >= 0.3 is 0 Å². The molecule has 2 rings (SSSR count). The molecule has 0 heterocycles. The number of carbonyl (C=O) groups is 2. The van der Waals surface area contributed by atoms with Crippen molar-refractivity contribution in [3.63, 3.8) is 0 Å². The number of hydrogen-bond donors (Lipinski definition) is 0. The lowest BCUT2D eigenvalue weighted by Gasteiger charge is -2.19. The molecule has 2 aromatic carbocycles. The minimum absolute atomic E-state index is 0.0159. The van der Waals surface area contributed by atoms with Crippen molar-refractivity contribution >= 4 is 17.4 Å². The van der Waals surface area contributed by atoms with Crippen LogP contribution < -0.4 is 4.90 Å². The number of amides is 1. The Kier molecular flexibility index (Phi) is 7.31. The highest BCUT2D eigenvalue weighted by Crippen LogP contribution is 2.28. The summed E-state index contributed by atoms with van der Waals surface area (Å²) in [6.07, 6.45) is 0.829. The van der Waals surface area contributed by atoms with E-state index in [0.29, 0.717) is 25.0 Å². The normalized spacial score (nSPS) is 11.9. The van der Waals surface area contributed by atoms with Gasteiger partial charge in [-0.2, -0.15) is 0 Å². The summed E-state index contributed by atoms with van der Waals surface area (Å²) in [5.74, 6) is 0.221. The van der Waals surface area contributed by atoms with Crippen LogP contribution in [0.4, 0.5) is 5.69 Å². The fraction of sp³-hybridized carbons (Fsp3) is 0.391. The van der Waals surface area contributed by atoms with Crippen LogP contribution in [0.25, 0.3) is 11.1 Å². The van der Waals surface area contributed by atoms with Crippen LogP contribution in [-0.4, -0.2) is 32.5 Å². The number of nitrogens with zero attached hydrogens (tertiary/aromatic N) is 1. The number of methoxy groups -OCH3 is 1. The molecule has 0 fully saturated rings. The number of ketones is 1. The summed E-state index contributed by atoms with van der Waals surface area (Å²) < 4.78 is 5.15. The molecule has 27 heavy (non-hydrogen) atoms. The van der Waals surface area contributed by atoms with Gasteiger partial charge < -0.3 is 9.64 Å². The Balaban J connectivity index is 2.45. The van der Waals surface area contributed by atoms with E-state index in [1.807, 2.05) is 63.2 Å². The van der Waals surface area contributed by atoms with E-state index in [1.54, 1.807) is 19.1 Å². The molecule has 144 valence electrons. The second kappa shape index (κ2) is 9.47. The van der Waals surface area contributed by atoms with Gasteiger partial charge in [-0.15, -0.1) is 0 Å². The van der Waals surface area contributed by atoms with Crippen LogP contribution >= 0.6 is 0 Å². The molecule has 4 heteroatoms. The van der Waals surface area contributed by atoms with Crippen molar-refractivity contribution in [3.05, 3.63) is 53.6 Å². The molecule has 0 aliphatic rings. The monoisotopic (exact) mass is 367 g/mol. The smallest absolute Gasteiger partial charge is 0.226 e. The molecule has 0 aliphatic carbocycles. The number of benzene rings is 2. The Morgan fingerprint density at radius 3 is 2.33 bits per heavy atom. The maximum absolute atomic E-state index is 12.8. The third-order valence-corrected chi connectivity index (χ3v) is 4.67. The molecule has 0 saturated carbocycles. The fourth-order valence-corrected chi connectivity index (χ4v) is 3.04. The molecule has 0 bridgehead atoms. The van der Waals surface area contributed by atoms with Gasteiger partial charge in [0.05, 0.1) is 0 Å². The fourth-order valence-electron chi connectivity index (χ4n) is 3.04. The summed E-state index contributed by atoms with van der Waals surface area (Å²) in [4.78, 5) is 26.6. The zero-order valence-corrected chi connectivity index (χ0v) is 16.9. The Bertz CT molecular complexity index is 796. The first-order valence-electron chi connectivity index (χ1n) is 9.36. The first-order valence-corrected chi connectivity index (χ1v) is 9.36. The van der Waals surface area contributed by atoms with Gasteiger partial charge in [0.1, 0.15) is 0 Å². The van der Waals surface area contributed by atoms with E-state index in [2.05, 4.69) is 0 Å². The predicted octanol–water partition coefficient (Wildman–Crippen LogP) is 4.89. The molecule has 2 aromatic rings. The van der Waals surface area contributed by atoms with Crippen molar-refractivity contribution in [3.8, 4) is 11.1 Å². The van der Waals surface area contributed by atoms with Crippen molar-refractivity contribution in [1.82, 2.24) is 0 Å². The van der Waals surface area contributed by atoms with E-state index in [9.17, 15) is 9.59 Å². The van der Waals surface area contributed by atoms with Crippen molar-refractivity contribution in [2.75, 3.05) is 25.7 Å². The summed E-state index contributed by atoms with van der Waals surface area (Å²) >= 11 is 0. The van der Waals surface area contributed by atoms with E-state index >= 15 is 0 Å². The number of rotatable bonds is 8. The van der Waals surface area contributed by atoms with E-state index < -0.39 is 0 Å². The van der Waals surface area contributed by atoms with E-state index in [4.69, 9.17) is 4.74 Å². The first-order chi connectivity index (χ1) is 12.8. The number of carbonyl (C=O) groups excluding carboxylic acids is 2. The van der Waals surface area contributed by atoms with Crippen LogP contribution in [0.2, 0.25) is 0 Å². The van der Waals surface area contributed by atoms with Gasteiger partial charge in [0.2, 0.25) is 5.91 Å². The summed E-state index contributed by atoms with van der Waals surface area (Å²) in [6, 6.07) is 13.9. The highest BCUT2D eigenvalue weighted by Gasteiger charge is 2.17. The van der Waals surface area contributed by atoms with Crippen molar-refractivity contribution in [1.29, 1.82) is 0 Å². The van der Waals surface area contributed by atoms with Gasteiger partial charge in [-0.1, -0.05) is 43.7 Å². The van der Waals surface area contributed by atoms with Gasteiger partial charge in [0.25, 0.3) is 0 Å². The van der Waals surface area contributed by atoms with Crippen LogP contribution in [0.1, 0.15) is 42.6 Å². The van der Waals surface area contributed by atoms with Gasteiger partial charge in [-0.3, -0.25) is 9.59 Å². The van der Waals surface area contributed by atoms with Crippen LogP contribution in [0, 0.1) is 12.8 Å². The molecular weight excluding hydrogens is 338 g/mol. The average molecular weight is 367 g/mol. The van der Waals surface area contributed by atoms with Crippen LogP contribution in [0.5, 0.6) is 0 Å². The first kappa shape index (κ1) is 20.8. The summed E-state index contributed by atoms with van der Waals surface area (Å²) in [5, 5.41) is 0. The summed E-state index contributed by atoms with van der Waals surface area (Å²) in [6.45, 7) is 6.42. The predicted molar refractivity (Wildman–Crippen MR) is 110 cm³/mol. The minimum Gasteiger partial charge on any atom is -0.384 e. The third kappa shape index (κ3) is 5.51. The Morgan fingerprint density at radius 2 is 1.74 bits per heavy atom. The molecule has 1 atom stereocenters. The molecule has 0 aliphatic heterocycles. The van der Waals surface area contributed by atoms with Crippen LogP contribution in [-0.2, 0) is 9.53 Å². The van der Waals surface area contributed by atoms with Gasteiger partial charge in [0, 0.05) is 44.9 Å². The lowest BCUT2D eigenvalue weighted by atomic mass is 9.95. The standard InChI is InChI=1S/C23H29NO3/c1-6-23(26)24(4)21-13-19(18-9-7-16(2)8-10-18)12-20(14-21)22(25)11-17(3)15-27-5/h7-10,12-14,17H,6,11,15H2,1-5H3. The maximum Gasteiger partial charge on any atom is 0.226 e. The second-order valence-corrected chi connectivity index (χ2v) is 7.13. The van der Waals surface area contributed by atoms with E-state index in [-0.39, 0.29) is 17.6 Å². The maximum atomic E-state index is 12.8. The highest BCUT2D eigenvalue weighted by molar-refractivity contribution is 6.00. The average Bonchev–Trinajstić information content (AvgIpc) is 2.67. The molecule has 0 aromatic heterocycles. The van der Waals surface area contributed by atoms with Gasteiger partial charge in [-0.25, -0.2) is 0 Å². The number of aryl methyl sites for hydroxylation is 1. The van der Waals surface area contributed by atoms with Crippen LogP contribution in [0.15, 0.2) is 42.5 Å². The Labute approximate surface area is 162 Å². The van der Waals surface area contributed by atoms with Crippen molar-refractivity contribution in [2.24, 2.45) is 5.92 Å².